The molecule has 2 aromatic heterocycles. The maximum absolute atomic E-state index is 12.6. The lowest BCUT2D eigenvalue weighted by Crippen LogP contribution is -2.27. The Kier molecular flexibility index (Phi) is 6.69. The van der Waals surface area contributed by atoms with Gasteiger partial charge >= 0.3 is 0 Å². The number of hydrogen-bond acceptors (Lipinski definition) is 7. The van der Waals surface area contributed by atoms with E-state index in [0.29, 0.717) is 39.9 Å². The monoisotopic (exact) mass is 581 g/mol. The summed E-state index contributed by atoms with van der Waals surface area (Å²) in [7, 11) is -2.86. The fourth-order valence-corrected chi connectivity index (χ4v) is 7.34. The predicted octanol–water partition coefficient (Wildman–Crippen LogP) is 6.24. The molecule has 41 heavy (non-hydrogen) atoms. The van der Waals surface area contributed by atoms with Crippen LogP contribution < -0.4 is 10.6 Å². The number of amidine groups is 1. The van der Waals surface area contributed by atoms with Crippen molar-refractivity contribution in [1.29, 1.82) is 5.41 Å². The van der Waals surface area contributed by atoms with Gasteiger partial charge in [-0.15, -0.1) is 0 Å². The van der Waals surface area contributed by atoms with Gasteiger partial charge in [0.05, 0.1) is 22.0 Å². The second kappa shape index (κ2) is 10.2. The summed E-state index contributed by atoms with van der Waals surface area (Å²) in [5.74, 6) is 0.330. The Labute approximate surface area is 242 Å². The summed E-state index contributed by atoms with van der Waals surface area (Å²) in [5.41, 5.74) is 13.8. The van der Waals surface area contributed by atoms with Crippen LogP contribution in [0.3, 0.4) is 0 Å². The Morgan fingerprint density at radius 3 is 2.51 bits per heavy atom. The number of nitrogen functional groups attached to an aromatic ring is 1. The summed E-state index contributed by atoms with van der Waals surface area (Å²) >= 11 is 1.28. The summed E-state index contributed by atoms with van der Waals surface area (Å²) in [4.78, 5) is 11.1. The van der Waals surface area contributed by atoms with Crippen LogP contribution in [0.5, 0.6) is 0 Å². The Balaban J connectivity index is 1.34. The number of thiazole rings is 1. The molecule has 0 fully saturated rings. The number of fused-ring (bicyclic) bond motifs is 3. The number of hydrogen-bond donors (Lipinski definition) is 3. The molecule has 6 rings (SSSR count). The first kappa shape index (κ1) is 26.8. The molecule has 2 heterocycles. The summed E-state index contributed by atoms with van der Waals surface area (Å²) in [5, 5.41) is 9.32. The number of benzene rings is 3. The molecule has 0 aliphatic heterocycles. The van der Waals surface area contributed by atoms with Crippen molar-refractivity contribution in [2.45, 2.75) is 24.7 Å². The fourth-order valence-electron chi connectivity index (χ4n) is 5.31. The standard InChI is InChI=1S/C31H27N5O3S2/c1-18-29(28-24-16-21-7-3-4-8-22(21)23(24)17-25(32)30(28)41(37,38)39)40-31(35-18)36(2)27(33)15-19-10-12-20(13-11-19)26-9-5-6-14-34-26/h3-14,17,33H,15-16,32H2,1-2H3,(H,37,38,39). The molecule has 3 aromatic carbocycles. The average molecular weight is 582 g/mol. The Morgan fingerprint density at radius 1 is 1.07 bits per heavy atom. The second-order valence-corrected chi connectivity index (χ2v) is 12.3. The molecule has 0 bridgehead atoms. The smallest absolute Gasteiger partial charge is 0.297 e. The number of rotatable bonds is 6. The Morgan fingerprint density at radius 2 is 1.80 bits per heavy atom. The van der Waals surface area contributed by atoms with Gasteiger partial charge in [0.15, 0.2) is 5.13 Å². The van der Waals surface area contributed by atoms with Crippen molar-refractivity contribution in [2.75, 3.05) is 17.7 Å². The normalized spacial score (nSPS) is 12.2. The third-order valence-electron chi connectivity index (χ3n) is 7.34. The van der Waals surface area contributed by atoms with Crippen molar-refractivity contribution in [2.24, 2.45) is 0 Å². The van der Waals surface area contributed by atoms with Crippen molar-refractivity contribution in [1.82, 2.24) is 9.97 Å². The highest BCUT2D eigenvalue weighted by Gasteiger charge is 2.32. The van der Waals surface area contributed by atoms with E-state index in [9.17, 15) is 13.0 Å². The lowest BCUT2D eigenvalue weighted by atomic mass is 9.98. The van der Waals surface area contributed by atoms with E-state index in [2.05, 4.69) is 4.98 Å². The molecule has 0 atom stereocenters. The number of likely N-dealkylation sites (N-methyl/N-ethyl adjacent to an activating group) is 1. The topological polar surface area (TPSA) is 133 Å². The van der Waals surface area contributed by atoms with Gasteiger partial charge in [0.25, 0.3) is 10.1 Å². The van der Waals surface area contributed by atoms with Gasteiger partial charge in [0, 0.05) is 30.8 Å². The van der Waals surface area contributed by atoms with Gasteiger partial charge in [0.1, 0.15) is 10.7 Å². The van der Waals surface area contributed by atoms with E-state index in [0.717, 1.165) is 39.1 Å². The van der Waals surface area contributed by atoms with E-state index in [4.69, 9.17) is 16.1 Å². The van der Waals surface area contributed by atoms with Crippen LogP contribution in [0.15, 0.2) is 83.9 Å². The van der Waals surface area contributed by atoms with Crippen LogP contribution in [0.2, 0.25) is 0 Å². The molecule has 8 nitrogen and oxygen atoms in total. The molecule has 206 valence electrons. The van der Waals surface area contributed by atoms with E-state index in [1.165, 1.54) is 11.3 Å². The van der Waals surface area contributed by atoms with E-state index in [-0.39, 0.29) is 10.6 Å². The first-order valence-corrected chi connectivity index (χ1v) is 15.2. The number of aromatic nitrogens is 2. The van der Waals surface area contributed by atoms with Gasteiger partial charge in [-0.05, 0) is 59.4 Å². The van der Waals surface area contributed by atoms with Crippen molar-refractivity contribution in [3.8, 4) is 32.8 Å². The lowest BCUT2D eigenvalue weighted by Gasteiger charge is -2.17. The largest absolute Gasteiger partial charge is 0.398 e. The van der Waals surface area contributed by atoms with E-state index < -0.39 is 10.1 Å². The lowest BCUT2D eigenvalue weighted by molar-refractivity contribution is 0.484. The summed E-state index contributed by atoms with van der Waals surface area (Å²) in [6.07, 6.45) is 2.65. The van der Waals surface area contributed by atoms with Crippen molar-refractivity contribution in [3.05, 3.63) is 101 Å². The summed E-state index contributed by atoms with van der Waals surface area (Å²) in [6.45, 7) is 1.80. The maximum Gasteiger partial charge on any atom is 0.297 e. The summed E-state index contributed by atoms with van der Waals surface area (Å²) < 4.78 is 35.5. The van der Waals surface area contributed by atoms with Gasteiger partial charge in [-0.25, -0.2) is 4.98 Å². The molecule has 0 saturated heterocycles. The molecule has 0 saturated carbocycles. The third-order valence-corrected chi connectivity index (χ3v) is 9.55. The van der Waals surface area contributed by atoms with Crippen LogP contribution in [0.25, 0.3) is 32.8 Å². The molecular weight excluding hydrogens is 555 g/mol. The zero-order valence-corrected chi connectivity index (χ0v) is 24.1. The number of nitrogens with one attached hydrogen (secondary N) is 1. The Bertz CT molecular complexity index is 1920. The van der Waals surface area contributed by atoms with Gasteiger partial charge in [-0.2, -0.15) is 8.42 Å². The maximum atomic E-state index is 12.6. The number of pyridine rings is 1. The van der Waals surface area contributed by atoms with Crippen molar-refractivity contribution >= 4 is 38.1 Å². The molecule has 0 spiro atoms. The number of nitrogens with two attached hydrogens (primary N) is 1. The summed E-state index contributed by atoms with van der Waals surface area (Å²) in [6, 6.07) is 23.2. The highest BCUT2D eigenvalue weighted by Crippen LogP contribution is 2.49. The predicted molar refractivity (Wildman–Crippen MR) is 164 cm³/mol. The minimum atomic E-state index is -4.64. The van der Waals surface area contributed by atoms with E-state index >= 15 is 0 Å². The van der Waals surface area contributed by atoms with Gasteiger partial charge < -0.3 is 10.6 Å². The zero-order valence-electron chi connectivity index (χ0n) is 22.4. The van der Waals surface area contributed by atoms with Crippen molar-refractivity contribution < 1.29 is 13.0 Å². The van der Waals surface area contributed by atoms with Crippen LogP contribution in [-0.4, -0.2) is 35.8 Å². The first-order chi connectivity index (χ1) is 19.6. The quantitative estimate of drug-likeness (QED) is 0.0918. The molecule has 5 aromatic rings. The highest BCUT2D eigenvalue weighted by molar-refractivity contribution is 7.86. The SMILES string of the molecule is Cc1nc(N(C)C(=N)Cc2ccc(-c3ccccn3)cc2)sc1-c1c2c(cc(N)c1S(=O)(=O)O)-c1ccccc1C2. The zero-order chi connectivity index (χ0) is 28.9. The number of aryl methyl sites for hydroxylation is 1. The molecule has 4 N–H and O–H groups in total. The molecule has 1 aliphatic rings. The number of nitrogens with zero attached hydrogens (tertiary/aromatic N) is 3. The minimum absolute atomic E-state index is 0.0115. The molecule has 1 aliphatic carbocycles. The van der Waals surface area contributed by atoms with Crippen LogP contribution in [0.4, 0.5) is 10.8 Å². The van der Waals surface area contributed by atoms with Crippen LogP contribution in [0, 0.1) is 12.3 Å². The van der Waals surface area contributed by atoms with Crippen LogP contribution >= 0.6 is 11.3 Å². The van der Waals surface area contributed by atoms with E-state index in [1.54, 1.807) is 31.1 Å². The molecule has 0 radical (unpaired) electrons. The van der Waals surface area contributed by atoms with Gasteiger partial charge in [0.2, 0.25) is 0 Å². The highest BCUT2D eigenvalue weighted by atomic mass is 32.2. The van der Waals surface area contributed by atoms with Gasteiger partial charge in [-0.1, -0.05) is 65.9 Å². The first-order valence-electron chi connectivity index (χ1n) is 12.9. The molecule has 10 heteroatoms. The molecular formula is C31H27N5O3S2. The molecule has 0 unspecified atom stereocenters. The van der Waals surface area contributed by atoms with Gasteiger partial charge in [-0.3, -0.25) is 14.9 Å². The minimum Gasteiger partial charge on any atom is -0.398 e. The van der Waals surface area contributed by atoms with E-state index in [1.807, 2.05) is 66.7 Å². The fraction of sp³-hybridized carbons (Fsp3) is 0.129. The van der Waals surface area contributed by atoms with Crippen molar-refractivity contribution in [3.63, 3.8) is 0 Å². The average Bonchev–Trinajstić information content (AvgIpc) is 3.52. The number of anilines is 2. The van der Waals surface area contributed by atoms with Crippen LogP contribution in [-0.2, 0) is 23.0 Å². The second-order valence-electron chi connectivity index (χ2n) is 10.0. The Hall–Kier alpha value is -4.38. The molecule has 0 amide bonds. The van der Waals surface area contributed by atoms with Crippen LogP contribution in [0.1, 0.15) is 22.4 Å². The third kappa shape index (κ3) is 4.90.